The summed E-state index contributed by atoms with van der Waals surface area (Å²) >= 11 is 0. The van der Waals surface area contributed by atoms with Gasteiger partial charge in [0.1, 0.15) is 12.4 Å². The number of aromatic nitrogens is 1. The van der Waals surface area contributed by atoms with Crippen LogP contribution in [0.15, 0.2) is 65.2 Å². The Labute approximate surface area is 213 Å². The zero-order chi connectivity index (χ0) is 25.3. The van der Waals surface area contributed by atoms with Gasteiger partial charge in [-0.2, -0.15) is 0 Å². The number of carbonyl (C=O) groups is 2. The maximum Gasteiger partial charge on any atom is 0.289 e. The van der Waals surface area contributed by atoms with E-state index in [2.05, 4.69) is 35.8 Å². The lowest BCUT2D eigenvalue weighted by molar-refractivity contribution is -0.135. The SMILES string of the molecule is CCCN(Cc1cccn1Cc1ccc(C(=O)N2CCC(Cc3ccccc3)CC2)o1)C(=O)COC. The first-order chi connectivity index (χ1) is 17.6. The Kier molecular flexibility index (Phi) is 9.01. The highest BCUT2D eigenvalue weighted by atomic mass is 16.5. The van der Waals surface area contributed by atoms with Gasteiger partial charge in [0.25, 0.3) is 5.91 Å². The minimum Gasteiger partial charge on any atom is -0.454 e. The molecule has 1 aromatic carbocycles. The molecule has 0 spiro atoms. The van der Waals surface area contributed by atoms with E-state index in [9.17, 15) is 9.59 Å². The first-order valence-corrected chi connectivity index (χ1v) is 12.9. The molecule has 3 aromatic rings. The van der Waals surface area contributed by atoms with E-state index in [-0.39, 0.29) is 18.4 Å². The van der Waals surface area contributed by atoms with Crippen LogP contribution in [0.4, 0.5) is 0 Å². The van der Waals surface area contributed by atoms with Gasteiger partial charge in [0.15, 0.2) is 5.76 Å². The molecule has 36 heavy (non-hydrogen) atoms. The summed E-state index contributed by atoms with van der Waals surface area (Å²) in [5, 5.41) is 0. The van der Waals surface area contributed by atoms with E-state index < -0.39 is 0 Å². The van der Waals surface area contributed by atoms with Crippen LogP contribution in [0.1, 0.15) is 53.8 Å². The molecule has 1 aliphatic heterocycles. The molecule has 192 valence electrons. The van der Waals surface area contributed by atoms with E-state index in [0.717, 1.165) is 50.2 Å². The third-order valence-corrected chi connectivity index (χ3v) is 6.86. The maximum atomic E-state index is 13.1. The molecule has 7 heteroatoms. The standard InChI is InChI=1S/C29H37N3O4/c1-3-15-32(28(33)22-35-2)20-25-10-7-16-31(25)21-26-11-12-27(36-26)29(34)30-17-13-24(14-18-30)19-23-8-5-4-6-9-23/h4-12,16,24H,3,13-15,17-22H2,1-2H3. The molecule has 0 aliphatic carbocycles. The molecule has 0 N–H and O–H groups in total. The summed E-state index contributed by atoms with van der Waals surface area (Å²) in [5.41, 5.74) is 2.38. The summed E-state index contributed by atoms with van der Waals surface area (Å²) < 4.78 is 13.1. The molecule has 2 amide bonds. The maximum absolute atomic E-state index is 13.1. The van der Waals surface area contributed by atoms with Crippen molar-refractivity contribution in [1.29, 1.82) is 0 Å². The zero-order valence-electron chi connectivity index (χ0n) is 21.4. The number of piperidine rings is 1. The normalized spacial score (nSPS) is 14.2. The molecule has 4 rings (SSSR count). The smallest absolute Gasteiger partial charge is 0.289 e. The topological polar surface area (TPSA) is 67.9 Å². The largest absolute Gasteiger partial charge is 0.454 e. The molecule has 0 bridgehead atoms. The van der Waals surface area contributed by atoms with Crippen molar-refractivity contribution in [3.05, 3.63) is 83.6 Å². The highest BCUT2D eigenvalue weighted by Gasteiger charge is 2.26. The van der Waals surface area contributed by atoms with Crippen LogP contribution in [0.25, 0.3) is 0 Å². The number of amides is 2. The van der Waals surface area contributed by atoms with Crippen molar-refractivity contribution in [2.24, 2.45) is 5.92 Å². The van der Waals surface area contributed by atoms with Crippen molar-refractivity contribution >= 4 is 11.8 Å². The molecule has 7 nitrogen and oxygen atoms in total. The molecule has 0 saturated carbocycles. The summed E-state index contributed by atoms with van der Waals surface area (Å²) in [6, 6.07) is 18.2. The summed E-state index contributed by atoms with van der Waals surface area (Å²) in [7, 11) is 1.54. The number of nitrogens with zero attached hydrogens (tertiary/aromatic N) is 3. The van der Waals surface area contributed by atoms with Crippen LogP contribution in [0.3, 0.4) is 0 Å². The second-order valence-corrected chi connectivity index (χ2v) is 9.57. The van der Waals surface area contributed by atoms with E-state index in [4.69, 9.17) is 9.15 Å². The molecule has 3 heterocycles. The number of furan rings is 1. The van der Waals surface area contributed by atoms with E-state index in [0.29, 0.717) is 31.3 Å². The van der Waals surface area contributed by atoms with E-state index in [1.54, 1.807) is 6.07 Å². The molecule has 2 aromatic heterocycles. The fourth-order valence-electron chi connectivity index (χ4n) is 4.91. The number of hydrogen-bond acceptors (Lipinski definition) is 4. The van der Waals surface area contributed by atoms with Gasteiger partial charge >= 0.3 is 0 Å². The number of hydrogen-bond donors (Lipinski definition) is 0. The van der Waals surface area contributed by atoms with Gasteiger partial charge in [-0.3, -0.25) is 9.59 Å². The average Bonchev–Trinajstić information content (AvgIpc) is 3.54. The van der Waals surface area contributed by atoms with Gasteiger partial charge in [-0.1, -0.05) is 37.3 Å². The van der Waals surface area contributed by atoms with Crippen LogP contribution in [0.5, 0.6) is 0 Å². The minimum atomic E-state index is -0.0357. The molecule has 1 fully saturated rings. The van der Waals surface area contributed by atoms with E-state index in [1.807, 2.05) is 40.3 Å². The van der Waals surface area contributed by atoms with E-state index in [1.165, 1.54) is 12.7 Å². The third kappa shape index (κ3) is 6.66. The quantitative estimate of drug-likeness (QED) is 0.393. The Morgan fingerprint density at radius 2 is 1.83 bits per heavy atom. The molecule has 0 atom stereocenters. The van der Waals surface area contributed by atoms with Crippen molar-refractivity contribution < 1.29 is 18.7 Å². The highest BCUT2D eigenvalue weighted by Crippen LogP contribution is 2.23. The lowest BCUT2D eigenvalue weighted by atomic mass is 9.90. The number of benzene rings is 1. The van der Waals surface area contributed by atoms with Crippen LogP contribution in [0, 0.1) is 5.92 Å². The summed E-state index contributed by atoms with van der Waals surface area (Å²) in [4.78, 5) is 29.2. The molecule has 1 aliphatic rings. The monoisotopic (exact) mass is 491 g/mol. The summed E-state index contributed by atoms with van der Waals surface area (Å²) in [5.74, 6) is 1.67. The average molecular weight is 492 g/mol. The zero-order valence-corrected chi connectivity index (χ0v) is 21.4. The van der Waals surface area contributed by atoms with Crippen molar-refractivity contribution in [3.63, 3.8) is 0 Å². The Morgan fingerprint density at radius 3 is 2.56 bits per heavy atom. The fraction of sp³-hybridized carbons (Fsp3) is 0.448. The molecule has 0 radical (unpaired) electrons. The summed E-state index contributed by atoms with van der Waals surface area (Å²) in [6.07, 6.45) is 5.94. The Balaban J connectivity index is 1.32. The number of ether oxygens (including phenoxy) is 1. The molecule has 0 unspecified atom stereocenters. The van der Waals surface area contributed by atoms with Crippen molar-refractivity contribution in [3.8, 4) is 0 Å². The number of methoxy groups -OCH3 is 1. The Morgan fingerprint density at radius 1 is 1.06 bits per heavy atom. The number of likely N-dealkylation sites (tertiary alicyclic amines) is 1. The van der Waals surface area contributed by atoms with Crippen molar-refractivity contribution in [1.82, 2.24) is 14.4 Å². The molecular formula is C29H37N3O4. The number of rotatable bonds is 11. The lowest BCUT2D eigenvalue weighted by Crippen LogP contribution is -2.38. The van der Waals surface area contributed by atoms with Crippen LogP contribution < -0.4 is 0 Å². The Bertz CT molecular complexity index is 1110. The first-order valence-electron chi connectivity index (χ1n) is 12.9. The van der Waals surface area contributed by atoms with Gasteiger partial charge in [-0.15, -0.1) is 0 Å². The lowest BCUT2D eigenvalue weighted by Gasteiger charge is -2.31. The predicted molar refractivity (Wildman–Crippen MR) is 139 cm³/mol. The highest BCUT2D eigenvalue weighted by molar-refractivity contribution is 5.91. The number of carbonyl (C=O) groups excluding carboxylic acids is 2. The fourth-order valence-corrected chi connectivity index (χ4v) is 4.91. The van der Waals surface area contributed by atoms with Gasteiger partial charge in [0.05, 0.1) is 13.1 Å². The van der Waals surface area contributed by atoms with Gasteiger partial charge in [-0.05, 0) is 61.4 Å². The van der Waals surface area contributed by atoms with Crippen LogP contribution >= 0.6 is 0 Å². The van der Waals surface area contributed by atoms with Crippen LogP contribution in [-0.2, 0) is 29.0 Å². The second kappa shape index (κ2) is 12.6. The third-order valence-electron chi connectivity index (χ3n) is 6.86. The van der Waals surface area contributed by atoms with Crippen molar-refractivity contribution in [2.75, 3.05) is 33.4 Å². The van der Waals surface area contributed by atoms with Gasteiger partial charge in [0, 0.05) is 38.6 Å². The molecular weight excluding hydrogens is 454 g/mol. The first kappa shape index (κ1) is 25.8. The van der Waals surface area contributed by atoms with Crippen molar-refractivity contribution in [2.45, 2.75) is 45.7 Å². The van der Waals surface area contributed by atoms with E-state index >= 15 is 0 Å². The van der Waals surface area contributed by atoms with Gasteiger partial charge in [-0.25, -0.2) is 0 Å². The minimum absolute atomic E-state index is 0.0227. The Hall–Kier alpha value is -3.32. The van der Waals surface area contributed by atoms with Gasteiger partial charge in [0.2, 0.25) is 5.91 Å². The second-order valence-electron chi connectivity index (χ2n) is 9.57. The predicted octanol–water partition coefficient (Wildman–Crippen LogP) is 4.61. The van der Waals surface area contributed by atoms with Gasteiger partial charge < -0.3 is 23.5 Å². The van der Waals surface area contributed by atoms with Crippen LogP contribution in [-0.4, -0.2) is 59.5 Å². The van der Waals surface area contributed by atoms with Crippen LogP contribution in [0.2, 0.25) is 0 Å². The summed E-state index contributed by atoms with van der Waals surface area (Å²) in [6.45, 7) is 5.34. The molecule has 1 saturated heterocycles.